The number of carbonyl (C=O) groups is 1. The SMILES string of the molecule is CCCC(=O)OC1CN(c2nc3ccc(F)cc3s2)C1. The van der Waals surface area contributed by atoms with Crippen LogP contribution in [0.4, 0.5) is 9.52 Å². The smallest absolute Gasteiger partial charge is 0.306 e. The maximum atomic E-state index is 13.1. The zero-order chi connectivity index (χ0) is 14.1. The van der Waals surface area contributed by atoms with Crippen molar-refractivity contribution in [3.8, 4) is 0 Å². The molecule has 0 spiro atoms. The number of anilines is 1. The van der Waals surface area contributed by atoms with E-state index in [1.807, 2.05) is 11.8 Å². The van der Waals surface area contributed by atoms with Crippen LogP contribution in [-0.2, 0) is 9.53 Å². The van der Waals surface area contributed by atoms with Gasteiger partial charge in [-0.25, -0.2) is 9.37 Å². The summed E-state index contributed by atoms with van der Waals surface area (Å²) in [6.45, 7) is 3.28. The predicted molar refractivity (Wildman–Crippen MR) is 76.6 cm³/mol. The van der Waals surface area contributed by atoms with Crippen molar-refractivity contribution in [3.63, 3.8) is 0 Å². The standard InChI is InChI=1S/C14H15FN2O2S/c1-2-3-13(18)19-10-7-17(8-10)14-16-11-5-4-9(15)6-12(11)20-14/h4-6,10H,2-3,7-8H2,1H3. The number of benzene rings is 1. The number of hydrogen-bond donors (Lipinski definition) is 0. The molecule has 0 bridgehead atoms. The van der Waals surface area contributed by atoms with Crippen LogP contribution in [0.15, 0.2) is 18.2 Å². The Kier molecular flexibility index (Phi) is 3.56. The largest absolute Gasteiger partial charge is 0.459 e. The molecule has 1 aliphatic rings. The van der Waals surface area contributed by atoms with E-state index in [9.17, 15) is 9.18 Å². The van der Waals surface area contributed by atoms with Gasteiger partial charge >= 0.3 is 5.97 Å². The molecule has 0 saturated carbocycles. The number of fused-ring (bicyclic) bond motifs is 1. The van der Waals surface area contributed by atoms with E-state index in [4.69, 9.17) is 4.74 Å². The topological polar surface area (TPSA) is 42.4 Å². The lowest BCUT2D eigenvalue weighted by atomic mass is 10.2. The molecule has 3 rings (SSSR count). The predicted octanol–water partition coefficient (Wildman–Crippen LogP) is 2.97. The third kappa shape index (κ3) is 2.60. The molecule has 0 radical (unpaired) electrons. The van der Waals surface area contributed by atoms with Gasteiger partial charge in [0.15, 0.2) is 5.13 Å². The Morgan fingerprint density at radius 1 is 1.55 bits per heavy atom. The highest BCUT2D eigenvalue weighted by atomic mass is 32.1. The van der Waals surface area contributed by atoms with Gasteiger partial charge in [0, 0.05) is 6.42 Å². The van der Waals surface area contributed by atoms with Crippen LogP contribution in [0.2, 0.25) is 0 Å². The van der Waals surface area contributed by atoms with Crippen LogP contribution in [0.1, 0.15) is 19.8 Å². The normalized spacial score (nSPS) is 15.4. The first-order valence-corrected chi connectivity index (χ1v) is 7.48. The first-order chi connectivity index (χ1) is 9.65. The van der Waals surface area contributed by atoms with Gasteiger partial charge in [0.2, 0.25) is 0 Å². The summed E-state index contributed by atoms with van der Waals surface area (Å²) < 4.78 is 19.3. The summed E-state index contributed by atoms with van der Waals surface area (Å²) in [5, 5.41) is 0.855. The number of thiazole rings is 1. The lowest BCUT2D eigenvalue weighted by Crippen LogP contribution is -2.53. The van der Waals surface area contributed by atoms with Crippen LogP contribution >= 0.6 is 11.3 Å². The van der Waals surface area contributed by atoms with Crippen molar-refractivity contribution >= 4 is 32.7 Å². The van der Waals surface area contributed by atoms with Crippen molar-refractivity contribution in [3.05, 3.63) is 24.0 Å². The monoisotopic (exact) mass is 294 g/mol. The van der Waals surface area contributed by atoms with Crippen molar-refractivity contribution < 1.29 is 13.9 Å². The van der Waals surface area contributed by atoms with Gasteiger partial charge in [-0.15, -0.1) is 0 Å². The Labute approximate surface area is 120 Å². The maximum Gasteiger partial charge on any atom is 0.306 e. The molecular weight excluding hydrogens is 279 g/mol. The Morgan fingerprint density at radius 2 is 2.35 bits per heavy atom. The van der Waals surface area contributed by atoms with Gasteiger partial charge in [-0.2, -0.15) is 0 Å². The van der Waals surface area contributed by atoms with E-state index >= 15 is 0 Å². The molecule has 106 valence electrons. The van der Waals surface area contributed by atoms with Crippen LogP contribution in [-0.4, -0.2) is 30.1 Å². The van der Waals surface area contributed by atoms with Crippen molar-refractivity contribution in [1.82, 2.24) is 4.98 Å². The average molecular weight is 294 g/mol. The highest BCUT2D eigenvalue weighted by molar-refractivity contribution is 7.22. The molecule has 1 aromatic carbocycles. The lowest BCUT2D eigenvalue weighted by Gasteiger charge is -2.38. The minimum Gasteiger partial charge on any atom is -0.459 e. The molecule has 4 nitrogen and oxygen atoms in total. The van der Waals surface area contributed by atoms with E-state index in [0.29, 0.717) is 19.5 Å². The van der Waals surface area contributed by atoms with Gasteiger partial charge in [0.05, 0.1) is 23.3 Å². The van der Waals surface area contributed by atoms with E-state index < -0.39 is 0 Å². The summed E-state index contributed by atoms with van der Waals surface area (Å²) in [5.41, 5.74) is 0.804. The van der Waals surface area contributed by atoms with Crippen LogP contribution in [0, 0.1) is 5.82 Å². The summed E-state index contributed by atoms with van der Waals surface area (Å²) in [6, 6.07) is 4.59. The van der Waals surface area contributed by atoms with Gasteiger partial charge in [0.1, 0.15) is 11.9 Å². The third-order valence-corrected chi connectivity index (χ3v) is 4.29. The quantitative estimate of drug-likeness (QED) is 0.813. The number of rotatable bonds is 4. The fraction of sp³-hybridized carbons (Fsp3) is 0.429. The second-order valence-corrected chi connectivity index (χ2v) is 5.88. The summed E-state index contributed by atoms with van der Waals surface area (Å²) >= 11 is 1.46. The van der Waals surface area contributed by atoms with Gasteiger partial charge < -0.3 is 9.64 Å². The molecule has 1 fully saturated rings. The number of esters is 1. The summed E-state index contributed by atoms with van der Waals surface area (Å²) in [5.74, 6) is -0.383. The van der Waals surface area contributed by atoms with Gasteiger partial charge in [0.25, 0.3) is 0 Å². The zero-order valence-corrected chi connectivity index (χ0v) is 12.0. The number of carbonyl (C=O) groups excluding carboxylic acids is 1. The second kappa shape index (κ2) is 5.36. The Hall–Kier alpha value is -1.69. The Bertz CT molecular complexity index is 637. The molecule has 1 aliphatic heterocycles. The molecule has 1 saturated heterocycles. The van der Waals surface area contributed by atoms with E-state index in [2.05, 4.69) is 4.98 Å². The van der Waals surface area contributed by atoms with Crippen molar-refractivity contribution in [1.29, 1.82) is 0 Å². The average Bonchev–Trinajstić information content (AvgIpc) is 2.75. The lowest BCUT2D eigenvalue weighted by molar-refractivity contribution is -0.150. The number of nitrogens with zero attached hydrogens (tertiary/aromatic N) is 2. The van der Waals surface area contributed by atoms with Gasteiger partial charge in [-0.1, -0.05) is 18.3 Å². The van der Waals surface area contributed by atoms with Crippen LogP contribution in [0.5, 0.6) is 0 Å². The number of hydrogen-bond acceptors (Lipinski definition) is 5. The maximum absolute atomic E-state index is 13.1. The third-order valence-electron chi connectivity index (χ3n) is 3.21. The molecule has 6 heteroatoms. The fourth-order valence-corrected chi connectivity index (χ4v) is 3.15. The first-order valence-electron chi connectivity index (χ1n) is 6.66. The summed E-state index contributed by atoms with van der Waals surface area (Å²) in [7, 11) is 0. The van der Waals surface area contributed by atoms with E-state index in [0.717, 1.165) is 21.8 Å². The first kappa shape index (κ1) is 13.3. The molecule has 2 aromatic rings. The van der Waals surface area contributed by atoms with Crippen molar-refractivity contribution in [2.24, 2.45) is 0 Å². The van der Waals surface area contributed by atoms with Gasteiger partial charge in [-0.05, 0) is 24.6 Å². The summed E-state index contributed by atoms with van der Waals surface area (Å²) in [6.07, 6.45) is 1.23. The molecule has 0 aliphatic carbocycles. The molecule has 0 amide bonds. The minimum atomic E-state index is -0.248. The molecule has 1 aromatic heterocycles. The number of aromatic nitrogens is 1. The highest BCUT2D eigenvalue weighted by Crippen LogP contribution is 2.32. The molecule has 0 unspecified atom stereocenters. The van der Waals surface area contributed by atoms with E-state index in [1.54, 1.807) is 6.07 Å². The number of ether oxygens (including phenoxy) is 1. The zero-order valence-electron chi connectivity index (χ0n) is 11.1. The summed E-state index contributed by atoms with van der Waals surface area (Å²) in [4.78, 5) is 17.9. The van der Waals surface area contributed by atoms with E-state index in [-0.39, 0.29) is 17.9 Å². The second-order valence-electron chi connectivity index (χ2n) is 4.88. The molecule has 2 heterocycles. The molecular formula is C14H15FN2O2S. The molecule has 0 atom stereocenters. The van der Waals surface area contributed by atoms with Crippen molar-refractivity contribution in [2.45, 2.75) is 25.9 Å². The van der Waals surface area contributed by atoms with Crippen LogP contribution < -0.4 is 4.90 Å². The Balaban J connectivity index is 1.62. The fourth-order valence-electron chi connectivity index (χ4n) is 2.14. The molecule has 0 N–H and O–H groups in total. The van der Waals surface area contributed by atoms with Gasteiger partial charge in [-0.3, -0.25) is 4.79 Å². The molecule has 20 heavy (non-hydrogen) atoms. The number of halogens is 1. The van der Waals surface area contributed by atoms with E-state index in [1.165, 1.54) is 23.5 Å². The van der Waals surface area contributed by atoms with Crippen LogP contribution in [0.25, 0.3) is 10.2 Å². The van der Waals surface area contributed by atoms with Crippen molar-refractivity contribution in [2.75, 3.05) is 18.0 Å². The highest BCUT2D eigenvalue weighted by Gasteiger charge is 2.31. The van der Waals surface area contributed by atoms with Crippen LogP contribution in [0.3, 0.4) is 0 Å². The Morgan fingerprint density at radius 3 is 3.10 bits per heavy atom. The minimum absolute atomic E-state index is 0.0437.